The molecule has 0 fully saturated rings. The molecule has 4 aromatic rings. The highest BCUT2D eigenvalue weighted by Crippen LogP contribution is 2.26. The van der Waals surface area contributed by atoms with Crippen molar-refractivity contribution >= 4 is 20.8 Å². The summed E-state index contributed by atoms with van der Waals surface area (Å²) in [6, 6.07) is 20.5. The molecule has 31 heavy (non-hydrogen) atoms. The average molecular weight is 436 g/mol. The molecular weight excluding hydrogens is 410 g/mol. The van der Waals surface area contributed by atoms with Crippen molar-refractivity contribution in [1.29, 1.82) is 0 Å². The van der Waals surface area contributed by atoms with Crippen LogP contribution in [0, 0.1) is 6.92 Å². The molecule has 0 aliphatic heterocycles. The molecule has 6 nitrogen and oxygen atoms in total. The summed E-state index contributed by atoms with van der Waals surface area (Å²) < 4.78 is 36.6. The van der Waals surface area contributed by atoms with Crippen molar-refractivity contribution < 1.29 is 13.2 Å². The van der Waals surface area contributed by atoms with Crippen molar-refractivity contribution in [2.45, 2.75) is 38.3 Å². The number of benzene rings is 3. The molecule has 4 rings (SSSR count). The maximum atomic E-state index is 13.0. The van der Waals surface area contributed by atoms with Crippen LogP contribution in [0.25, 0.3) is 10.8 Å². The van der Waals surface area contributed by atoms with Gasteiger partial charge in [0.25, 0.3) is 0 Å². The predicted molar refractivity (Wildman–Crippen MR) is 122 cm³/mol. The van der Waals surface area contributed by atoms with Crippen LogP contribution in [0.5, 0.6) is 11.8 Å². The SMILES string of the molecule is CCn1c(C(C)NS(=O)(=O)c2ccc3ccccc3c2)cnc1Oc1ccc(C)cc1. The summed E-state index contributed by atoms with van der Waals surface area (Å²) in [5.74, 6) is 0.682. The van der Waals surface area contributed by atoms with Crippen molar-refractivity contribution in [3.05, 3.63) is 84.2 Å². The molecule has 0 aliphatic carbocycles. The first-order valence-corrected chi connectivity index (χ1v) is 11.7. The van der Waals surface area contributed by atoms with Gasteiger partial charge in [-0.2, -0.15) is 0 Å². The van der Waals surface area contributed by atoms with Gasteiger partial charge in [0, 0.05) is 6.54 Å². The van der Waals surface area contributed by atoms with Crippen LogP contribution in [-0.4, -0.2) is 18.0 Å². The molecule has 1 aromatic heterocycles. The van der Waals surface area contributed by atoms with Gasteiger partial charge in [0.15, 0.2) is 0 Å². The van der Waals surface area contributed by atoms with Crippen molar-refractivity contribution in [2.75, 3.05) is 0 Å². The van der Waals surface area contributed by atoms with Crippen LogP contribution < -0.4 is 9.46 Å². The Morgan fingerprint density at radius 1 is 1.03 bits per heavy atom. The number of sulfonamides is 1. The van der Waals surface area contributed by atoms with E-state index in [1.165, 1.54) is 0 Å². The Kier molecular flexibility index (Phi) is 5.80. The molecule has 1 heterocycles. The smallest absolute Gasteiger partial charge is 0.302 e. The zero-order valence-electron chi connectivity index (χ0n) is 17.7. The molecule has 7 heteroatoms. The first-order valence-electron chi connectivity index (χ1n) is 10.2. The van der Waals surface area contributed by atoms with E-state index in [4.69, 9.17) is 4.74 Å². The summed E-state index contributed by atoms with van der Waals surface area (Å²) in [5.41, 5.74) is 1.87. The Morgan fingerprint density at radius 2 is 1.74 bits per heavy atom. The molecule has 1 atom stereocenters. The number of aryl methyl sites for hydroxylation is 1. The quantitative estimate of drug-likeness (QED) is 0.433. The first-order chi connectivity index (χ1) is 14.9. The van der Waals surface area contributed by atoms with Crippen LogP contribution in [0.3, 0.4) is 0 Å². The van der Waals surface area contributed by atoms with E-state index in [-0.39, 0.29) is 4.90 Å². The zero-order chi connectivity index (χ0) is 22.0. The molecule has 1 N–H and O–H groups in total. The van der Waals surface area contributed by atoms with Crippen LogP contribution in [0.4, 0.5) is 0 Å². The van der Waals surface area contributed by atoms with Crippen molar-refractivity contribution in [3.8, 4) is 11.8 Å². The minimum absolute atomic E-state index is 0.233. The van der Waals surface area contributed by atoms with E-state index in [2.05, 4.69) is 9.71 Å². The van der Waals surface area contributed by atoms with Crippen LogP contribution in [0.2, 0.25) is 0 Å². The van der Waals surface area contributed by atoms with E-state index in [1.807, 2.05) is 73.0 Å². The van der Waals surface area contributed by atoms with Gasteiger partial charge in [-0.3, -0.25) is 4.57 Å². The molecule has 160 valence electrons. The Balaban J connectivity index is 1.57. The third-order valence-corrected chi connectivity index (χ3v) is 6.74. The molecule has 0 aliphatic rings. The van der Waals surface area contributed by atoms with Crippen molar-refractivity contribution in [2.24, 2.45) is 0 Å². The van der Waals surface area contributed by atoms with Gasteiger partial charge in [-0.1, -0.05) is 48.0 Å². The van der Waals surface area contributed by atoms with E-state index in [9.17, 15) is 8.42 Å². The summed E-state index contributed by atoms with van der Waals surface area (Å²) in [6.45, 7) is 6.38. The number of aromatic nitrogens is 2. The lowest BCUT2D eigenvalue weighted by Gasteiger charge is -2.17. The second-order valence-corrected chi connectivity index (χ2v) is 9.19. The standard InChI is InChI=1S/C24H25N3O3S/c1-4-27-23(16-25-24(27)30-21-12-9-17(2)10-13-21)18(3)26-31(28,29)22-14-11-19-7-5-6-8-20(19)15-22/h5-16,18,26H,4H2,1-3H3. The molecule has 0 radical (unpaired) electrons. The number of fused-ring (bicyclic) bond motifs is 1. The second kappa shape index (κ2) is 8.53. The predicted octanol–water partition coefficient (Wildman–Crippen LogP) is 5.20. The maximum absolute atomic E-state index is 13.0. The summed E-state index contributed by atoms with van der Waals surface area (Å²) in [7, 11) is -3.71. The van der Waals surface area contributed by atoms with Crippen LogP contribution >= 0.6 is 0 Å². The summed E-state index contributed by atoms with van der Waals surface area (Å²) in [4.78, 5) is 4.61. The van der Waals surface area contributed by atoms with Gasteiger partial charge >= 0.3 is 6.01 Å². The largest absolute Gasteiger partial charge is 0.426 e. The summed E-state index contributed by atoms with van der Waals surface area (Å²) in [5, 5.41) is 1.88. The van der Waals surface area contributed by atoms with Crippen LogP contribution in [0.1, 0.15) is 31.1 Å². The normalized spacial score (nSPS) is 12.7. The number of hydrogen-bond donors (Lipinski definition) is 1. The van der Waals surface area contributed by atoms with E-state index >= 15 is 0 Å². The summed E-state index contributed by atoms with van der Waals surface area (Å²) in [6.07, 6.45) is 1.65. The highest BCUT2D eigenvalue weighted by molar-refractivity contribution is 7.89. The molecule has 0 spiro atoms. The monoisotopic (exact) mass is 435 g/mol. The van der Waals surface area contributed by atoms with E-state index in [0.717, 1.165) is 22.0 Å². The third kappa shape index (κ3) is 4.47. The number of nitrogens with one attached hydrogen (secondary N) is 1. The number of ether oxygens (including phenoxy) is 1. The molecule has 1 unspecified atom stereocenters. The van der Waals surface area contributed by atoms with E-state index in [0.29, 0.717) is 18.3 Å². The fourth-order valence-corrected chi connectivity index (χ4v) is 4.78. The average Bonchev–Trinajstić information content (AvgIpc) is 3.17. The Hall–Kier alpha value is -3.16. The molecule has 0 amide bonds. The second-order valence-electron chi connectivity index (χ2n) is 7.48. The van der Waals surface area contributed by atoms with Gasteiger partial charge in [-0.15, -0.1) is 0 Å². The Morgan fingerprint density at radius 3 is 2.45 bits per heavy atom. The molecular formula is C24H25N3O3S. The minimum Gasteiger partial charge on any atom is -0.426 e. The highest BCUT2D eigenvalue weighted by Gasteiger charge is 2.23. The Labute approximate surface area is 182 Å². The van der Waals surface area contributed by atoms with Crippen LogP contribution in [0.15, 0.2) is 77.8 Å². The topological polar surface area (TPSA) is 73.2 Å². The molecule has 0 saturated heterocycles. The fraction of sp³-hybridized carbons (Fsp3) is 0.208. The van der Waals surface area contributed by atoms with Crippen molar-refractivity contribution in [3.63, 3.8) is 0 Å². The minimum atomic E-state index is -3.71. The molecule has 3 aromatic carbocycles. The first kappa shape index (κ1) is 21.1. The van der Waals surface area contributed by atoms with E-state index in [1.54, 1.807) is 25.3 Å². The zero-order valence-corrected chi connectivity index (χ0v) is 18.6. The third-order valence-electron chi connectivity index (χ3n) is 5.20. The van der Waals surface area contributed by atoms with Gasteiger partial charge in [0.2, 0.25) is 10.0 Å². The lowest BCUT2D eigenvalue weighted by atomic mass is 10.1. The van der Waals surface area contributed by atoms with Gasteiger partial charge in [0.1, 0.15) is 5.75 Å². The maximum Gasteiger partial charge on any atom is 0.302 e. The highest BCUT2D eigenvalue weighted by atomic mass is 32.2. The number of hydrogen-bond acceptors (Lipinski definition) is 4. The summed E-state index contributed by atoms with van der Waals surface area (Å²) >= 11 is 0. The van der Waals surface area contributed by atoms with Gasteiger partial charge in [-0.05, 0) is 55.8 Å². The Bertz CT molecular complexity index is 1310. The lowest BCUT2D eigenvalue weighted by molar-refractivity contribution is 0.408. The van der Waals surface area contributed by atoms with Gasteiger partial charge < -0.3 is 4.74 Å². The van der Waals surface area contributed by atoms with Crippen LogP contribution in [-0.2, 0) is 16.6 Å². The molecule has 0 bridgehead atoms. The number of nitrogens with zero attached hydrogens (tertiary/aromatic N) is 2. The van der Waals surface area contributed by atoms with Gasteiger partial charge in [-0.25, -0.2) is 18.1 Å². The number of rotatable bonds is 7. The van der Waals surface area contributed by atoms with E-state index < -0.39 is 16.1 Å². The van der Waals surface area contributed by atoms with Crippen molar-refractivity contribution in [1.82, 2.24) is 14.3 Å². The molecule has 0 saturated carbocycles. The van der Waals surface area contributed by atoms with Gasteiger partial charge in [0.05, 0.1) is 22.8 Å². The number of imidazole rings is 1. The fourth-order valence-electron chi connectivity index (χ4n) is 3.52. The lowest BCUT2D eigenvalue weighted by Crippen LogP contribution is -2.28.